The molecule has 0 spiro atoms. The topological polar surface area (TPSA) is 73.1 Å². The second kappa shape index (κ2) is 6.48. The van der Waals surface area contributed by atoms with E-state index in [9.17, 15) is 0 Å². The van der Waals surface area contributed by atoms with Crippen LogP contribution in [0.2, 0.25) is 0 Å². The van der Waals surface area contributed by atoms with Gasteiger partial charge in [0.1, 0.15) is 11.5 Å². The summed E-state index contributed by atoms with van der Waals surface area (Å²) in [7, 11) is 1.65. The van der Waals surface area contributed by atoms with Gasteiger partial charge in [0, 0.05) is 12.7 Å². The first kappa shape index (κ1) is 15.0. The van der Waals surface area contributed by atoms with Crippen molar-refractivity contribution in [3.63, 3.8) is 0 Å². The van der Waals surface area contributed by atoms with Crippen LogP contribution >= 0.6 is 0 Å². The third-order valence-corrected chi connectivity index (χ3v) is 3.55. The zero-order valence-electron chi connectivity index (χ0n) is 13.3. The highest BCUT2D eigenvalue weighted by molar-refractivity contribution is 5.64. The number of ether oxygens (including phenoxy) is 1. The molecule has 6 heteroatoms. The normalized spacial score (nSPS) is 10.6. The molecule has 23 heavy (non-hydrogen) atoms. The van der Waals surface area contributed by atoms with Gasteiger partial charge >= 0.3 is 0 Å². The van der Waals surface area contributed by atoms with Crippen LogP contribution in [-0.2, 0) is 6.54 Å². The Balaban J connectivity index is 1.75. The summed E-state index contributed by atoms with van der Waals surface area (Å²) in [6.07, 6.45) is 1.73. The van der Waals surface area contributed by atoms with Gasteiger partial charge in [0.15, 0.2) is 0 Å². The molecule has 0 bridgehead atoms. The second-order valence-electron chi connectivity index (χ2n) is 5.17. The number of nitrogens with one attached hydrogen (secondary N) is 1. The van der Waals surface area contributed by atoms with Crippen molar-refractivity contribution in [2.75, 3.05) is 12.4 Å². The van der Waals surface area contributed by atoms with Crippen molar-refractivity contribution in [2.45, 2.75) is 20.4 Å². The summed E-state index contributed by atoms with van der Waals surface area (Å²) >= 11 is 0. The number of aromatic nitrogens is 3. The van der Waals surface area contributed by atoms with E-state index in [2.05, 4.69) is 20.4 Å². The SMILES string of the molecule is COc1ccc(CNc2nccc(-c3c(C)noc3C)n2)cc1. The zero-order chi connectivity index (χ0) is 16.2. The lowest BCUT2D eigenvalue weighted by Gasteiger charge is -2.07. The molecule has 0 aliphatic rings. The molecule has 0 unspecified atom stereocenters. The van der Waals surface area contributed by atoms with Gasteiger partial charge in [-0.15, -0.1) is 0 Å². The Morgan fingerprint density at radius 1 is 1.13 bits per heavy atom. The molecule has 0 atom stereocenters. The molecule has 0 amide bonds. The molecule has 0 saturated heterocycles. The Morgan fingerprint density at radius 2 is 1.91 bits per heavy atom. The van der Waals surface area contributed by atoms with Crippen LogP contribution in [0.25, 0.3) is 11.3 Å². The number of methoxy groups -OCH3 is 1. The molecule has 2 heterocycles. The van der Waals surface area contributed by atoms with Crippen molar-refractivity contribution < 1.29 is 9.26 Å². The molecule has 6 nitrogen and oxygen atoms in total. The first-order chi connectivity index (χ1) is 11.2. The molecule has 118 valence electrons. The van der Waals surface area contributed by atoms with E-state index in [-0.39, 0.29) is 0 Å². The van der Waals surface area contributed by atoms with Gasteiger partial charge in [-0.1, -0.05) is 17.3 Å². The van der Waals surface area contributed by atoms with Crippen LogP contribution in [0.1, 0.15) is 17.0 Å². The zero-order valence-corrected chi connectivity index (χ0v) is 13.3. The smallest absolute Gasteiger partial charge is 0.223 e. The Labute approximate surface area is 134 Å². The molecule has 0 saturated carbocycles. The lowest BCUT2D eigenvalue weighted by atomic mass is 10.1. The van der Waals surface area contributed by atoms with Crippen LogP contribution < -0.4 is 10.1 Å². The standard InChI is InChI=1S/C17H18N4O2/c1-11-16(12(2)23-21-11)15-8-9-18-17(20-15)19-10-13-4-6-14(22-3)7-5-13/h4-9H,10H2,1-3H3,(H,18,19,20). The number of hydrogen-bond acceptors (Lipinski definition) is 6. The number of nitrogens with zero attached hydrogens (tertiary/aromatic N) is 3. The fourth-order valence-corrected chi connectivity index (χ4v) is 2.36. The molecule has 0 radical (unpaired) electrons. The first-order valence-electron chi connectivity index (χ1n) is 7.30. The van der Waals surface area contributed by atoms with Crippen LogP contribution in [0, 0.1) is 13.8 Å². The van der Waals surface area contributed by atoms with Crippen molar-refractivity contribution in [1.82, 2.24) is 15.1 Å². The van der Waals surface area contributed by atoms with Gasteiger partial charge in [-0.25, -0.2) is 9.97 Å². The van der Waals surface area contributed by atoms with Crippen molar-refractivity contribution in [1.29, 1.82) is 0 Å². The van der Waals surface area contributed by atoms with Gasteiger partial charge < -0.3 is 14.6 Å². The summed E-state index contributed by atoms with van der Waals surface area (Å²) in [6.45, 7) is 4.41. The quantitative estimate of drug-likeness (QED) is 0.779. The van der Waals surface area contributed by atoms with Crippen LogP contribution in [0.5, 0.6) is 5.75 Å². The van der Waals surface area contributed by atoms with Gasteiger partial charge in [-0.05, 0) is 37.6 Å². The van der Waals surface area contributed by atoms with E-state index in [1.165, 1.54) is 0 Å². The summed E-state index contributed by atoms with van der Waals surface area (Å²) in [6, 6.07) is 9.72. The summed E-state index contributed by atoms with van der Waals surface area (Å²) < 4.78 is 10.3. The van der Waals surface area contributed by atoms with Gasteiger partial charge in [-0.2, -0.15) is 0 Å². The molecule has 1 N–H and O–H groups in total. The van der Waals surface area contributed by atoms with Gasteiger partial charge in [0.2, 0.25) is 5.95 Å². The second-order valence-corrected chi connectivity index (χ2v) is 5.17. The van der Waals surface area contributed by atoms with E-state index in [4.69, 9.17) is 9.26 Å². The highest BCUT2D eigenvalue weighted by Crippen LogP contribution is 2.25. The van der Waals surface area contributed by atoms with E-state index in [1.807, 2.05) is 44.2 Å². The lowest BCUT2D eigenvalue weighted by molar-refractivity contribution is 0.393. The average Bonchev–Trinajstić information content (AvgIpc) is 2.92. The summed E-state index contributed by atoms with van der Waals surface area (Å²) in [5, 5.41) is 7.19. The van der Waals surface area contributed by atoms with Crippen molar-refractivity contribution >= 4 is 5.95 Å². The van der Waals surface area contributed by atoms with E-state index in [0.717, 1.165) is 34.0 Å². The predicted octanol–water partition coefficient (Wildman–Crippen LogP) is 3.37. The minimum Gasteiger partial charge on any atom is -0.497 e. The maximum absolute atomic E-state index is 5.20. The van der Waals surface area contributed by atoms with Crippen molar-refractivity contribution in [3.8, 4) is 17.0 Å². The van der Waals surface area contributed by atoms with Gasteiger partial charge in [0.05, 0.1) is 24.1 Å². The molecule has 0 fully saturated rings. The maximum atomic E-state index is 5.20. The molecule has 0 aliphatic carbocycles. The molecule has 0 aliphatic heterocycles. The van der Waals surface area contributed by atoms with Gasteiger partial charge in [-0.3, -0.25) is 0 Å². The molecule has 1 aromatic carbocycles. The number of anilines is 1. The average molecular weight is 310 g/mol. The lowest BCUT2D eigenvalue weighted by Crippen LogP contribution is -2.04. The van der Waals surface area contributed by atoms with Gasteiger partial charge in [0.25, 0.3) is 0 Å². The molecular formula is C17H18N4O2. The first-order valence-corrected chi connectivity index (χ1v) is 7.30. The number of rotatable bonds is 5. The van der Waals surface area contributed by atoms with E-state index in [0.29, 0.717) is 12.5 Å². The molecule has 3 rings (SSSR count). The Hall–Kier alpha value is -2.89. The molecule has 2 aromatic heterocycles. The Kier molecular flexibility index (Phi) is 4.23. The van der Waals surface area contributed by atoms with Crippen LogP contribution in [0.15, 0.2) is 41.1 Å². The van der Waals surface area contributed by atoms with Crippen molar-refractivity contribution in [2.24, 2.45) is 0 Å². The minimum atomic E-state index is 0.568. The molecule has 3 aromatic rings. The van der Waals surface area contributed by atoms with E-state index < -0.39 is 0 Å². The Morgan fingerprint density at radius 3 is 2.57 bits per heavy atom. The van der Waals surface area contributed by atoms with E-state index >= 15 is 0 Å². The molecular weight excluding hydrogens is 292 g/mol. The fraction of sp³-hybridized carbons (Fsp3) is 0.235. The fourth-order valence-electron chi connectivity index (χ4n) is 2.36. The van der Waals surface area contributed by atoms with Crippen LogP contribution in [0.4, 0.5) is 5.95 Å². The van der Waals surface area contributed by atoms with Crippen LogP contribution in [0.3, 0.4) is 0 Å². The number of aryl methyl sites for hydroxylation is 2. The highest BCUT2D eigenvalue weighted by Gasteiger charge is 2.13. The van der Waals surface area contributed by atoms with Crippen molar-refractivity contribution in [3.05, 3.63) is 53.5 Å². The third kappa shape index (κ3) is 3.31. The third-order valence-electron chi connectivity index (χ3n) is 3.55. The maximum Gasteiger partial charge on any atom is 0.223 e. The van der Waals surface area contributed by atoms with Crippen LogP contribution in [-0.4, -0.2) is 22.2 Å². The largest absolute Gasteiger partial charge is 0.497 e. The predicted molar refractivity (Wildman–Crippen MR) is 87.3 cm³/mol. The minimum absolute atomic E-state index is 0.568. The summed E-state index contributed by atoms with van der Waals surface area (Å²) in [4.78, 5) is 8.80. The van der Waals surface area contributed by atoms with E-state index in [1.54, 1.807) is 13.3 Å². The Bertz CT molecular complexity index is 777. The highest BCUT2D eigenvalue weighted by atomic mass is 16.5. The summed E-state index contributed by atoms with van der Waals surface area (Å²) in [5.74, 6) is 2.16. The monoisotopic (exact) mass is 310 g/mol. The number of benzene rings is 1. The summed E-state index contributed by atoms with van der Waals surface area (Å²) in [5.41, 5.74) is 3.66. The number of hydrogen-bond donors (Lipinski definition) is 1.